The van der Waals surface area contributed by atoms with Crippen LogP contribution in [0, 0.1) is 5.82 Å². The third-order valence-corrected chi connectivity index (χ3v) is 5.81. The molecule has 0 bridgehead atoms. The van der Waals surface area contributed by atoms with Crippen molar-refractivity contribution in [1.82, 2.24) is 9.80 Å². The Bertz CT molecular complexity index is 1310. The number of amides is 6. The van der Waals surface area contributed by atoms with Gasteiger partial charge in [0.15, 0.2) is 5.41 Å². The normalized spacial score (nSPS) is 18.2. The number of hydrogen-bond acceptors (Lipinski definition) is 5. The van der Waals surface area contributed by atoms with E-state index in [9.17, 15) is 28.4 Å². The summed E-state index contributed by atoms with van der Waals surface area (Å²) in [6.45, 7) is 1.55. The average Bonchev–Trinajstić information content (AvgIpc) is 2.85. The maximum Gasteiger partial charge on any atom is 0.347 e. The molecular formula is C26H19FN2O5. The van der Waals surface area contributed by atoms with Crippen molar-refractivity contribution in [2.75, 3.05) is 0 Å². The van der Waals surface area contributed by atoms with Gasteiger partial charge in [0.1, 0.15) is 5.82 Å². The van der Waals surface area contributed by atoms with E-state index >= 15 is 0 Å². The minimum atomic E-state index is -2.01. The maximum absolute atomic E-state index is 13.8. The minimum Gasteiger partial charge on any atom is -0.272 e. The lowest BCUT2D eigenvalue weighted by Gasteiger charge is -2.42. The molecule has 7 nitrogen and oxygen atoms in total. The summed E-state index contributed by atoms with van der Waals surface area (Å²) in [4.78, 5) is 68.0. The number of rotatable bonds is 4. The number of carbonyl (C=O) groups is 5. The summed E-state index contributed by atoms with van der Waals surface area (Å²) in [6.07, 6.45) is -0.131. The summed E-state index contributed by atoms with van der Waals surface area (Å²) in [7, 11) is 0. The van der Waals surface area contributed by atoms with Crippen LogP contribution in [0.25, 0.3) is 0 Å². The van der Waals surface area contributed by atoms with E-state index in [1.165, 1.54) is 36.4 Å². The molecule has 34 heavy (non-hydrogen) atoms. The first-order valence-corrected chi connectivity index (χ1v) is 10.5. The van der Waals surface area contributed by atoms with E-state index in [2.05, 4.69) is 0 Å². The lowest BCUT2D eigenvalue weighted by atomic mass is 9.74. The molecule has 0 saturated carbocycles. The molecule has 1 heterocycles. The third kappa shape index (κ3) is 3.49. The third-order valence-electron chi connectivity index (χ3n) is 5.81. The highest BCUT2D eigenvalue weighted by molar-refractivity contribution is 6.35. The van der Waals surface area contributed by atoms with Crippen LogP contribution in [0.2, 0.25) is 0 Å². The van der Waals surface area contributed by atoms with E-state index in [0.29, 0.717) is 4.90 Å². The molecule has 0 spiro atoms. The smallest absolute Gasteiger partial charge is 0.272 e. The average molecular weight is 458 g/mol. The number of nitrogens with zero attached hydrogens (tertiary/aromatic N) is 2. The Kier molecular flexibility index (Phi) is 5.89. The number of urea groups is 1. The second-order valence-corrected chi connectivity index (χ2v) is 7.68. The number of barbiturate groups is 1. The van der Waals surface area contributed by atoms with Crippen LogP contribution in [-0.4, -0.2) is 39.5 Å². The zero-order chi connectivity index (χ0) is 24.5. The Morgan fingerprint density at radius 2 is 1.24 bits per heavy atom. The SMILES string of the molecule is CC[C@@]1(c2ccccc2)C(=O)N(C(=O)c2ccccc2)C(=O)N(C(=O)c2cccc(F)c2)C1=O. The topological polar surface area (TPSA) is 91.8 Å². The Labute approximate surface area is 194 Å². The van der Waals surface area contributed by atoms with Crippen LogP contribution >= 0.6 is 0 Å². The summed E-state index contributed by atoms with van der Waals surface area (Å²) in [5.74, 6) is -5.01. The van der Waals surface area contributed by atoms with Crippen LogP contribution in [-0.2, 0) is 15.0 Å². The molecule has 3 aromatic rings. The quantitative estimate of drug-likeness (QED) is 0.436. The molecule has 1 aliphatic heterocycles. The van der Waals surface area contributed by atoms with Crippen molar-refractivity contribution >= 4 is 29.7 Å². The summed E-state index contributed by atoms with van der Waals surface area (Å²) in [5.41, 5.74) is -2.04. The molecule has 1 aliphatic rings. The van der Waals surface area contributed by atoms with Crippen molar-refractivity contribution in [1.29, 1.82) is 0 Å². The Hall–Kier alpha value is -4.46. The lowest BCUT2D eigenvalue weighted by molar-refractivity contribution is -0.148. The van der Waals surface area contributed by atoms with Gasteiger partial charge in [-0.3, -0.25) is 19.2 Å². The second kappa shape index (κ2) is 8.82. The number of carbonyl (C=O) groups excluding carboxylic acids is 5. The number of halogens is 1. The van der Waals surface area contributed by atoms with Gasteiger partial charge in [-0.1, -0.05) is 61.5 Å². The summed E-state index contributed by atoms with van der Waals surface area (Å²) in [6, 6.07) is 18.6. The fraction of sp³-hybridized carbons (Fsp3) is 0.115. The zero-order valence-electron chi connectivity index (χ0n) is 18.1. The van der Waals surface area contributed by atoms with Crippen LogP contribution in [0.5, 0.6) is 0 Å². The first-order valence-electron chi connectivity index (χ1n) is 10.5. The standard InChI is InChI=1S/C26H19FN2O5/c1-2-26(19-13-7-4-8-14-19)23(32)28(21(30)17-10-5-3-6-11-17)25(34)29(24(26)33)22(31)18-12-9-15-20(27)16-18/h3-16H,2H2,1H3/t26-/m1/s1. The van der Waals surface area contributed by atoms with Gasteiger partial charge in [-0.05, 0) is 42.3 Å². The molecule has 1 saturated heterocycles. The fourth-order valence-electron chi connectivity index (χ4n) is 4.04. The van der Waals surface area contributed by atoms with E-state index in [0.717, 1.165) is 12.1 Å². The first-order chi connectivity index (χ1) is 16.3. The van der Waals surface area contributed by atoms with Gasteiger partial charge < -0.3 is 0 Å². The van der Waals surface area contributed by atoms with Crippen molar-refractivity contribution in [2.45, 2.75) is 18.8 Å². The minimum absolute atomic E-state index is 0.0229. The Morgan fingerprint density at radius 3 is 1.76 bits per heavy atom. The summed E-state index contributed by atoms with van der Waals surface area (Å²) in [5, 5.41) is 0. The molecule has 4 rings (SSSR count). The van der Waals surface area contributed by atoms with Gasteiger partial charge in [0, 0.05) is 11.1 Å². The molecule has 1 atom stereocenters. The van der Waals surface area contributed by atoms with Gasteiger partial charge in [-0.25, -0.2) is 9.18 Å². The van der Waals surface area contributed by atoms with Crippen molar-refractivity contribution in [2.24, 2.45) is 0 Å². The Balaban J connectivity index is 1.92. The predicted octanol–water partition coefficient (Wildman–Crippen LogP) is 3.95. The highest BCUT2D eigenvalue weighted by Gasteiger charge is 2.60. The molecule has 0 unspecified atom stereocenters. The van der Waals surface area contributed by atoms with Gasteiger partial charge in [0.25, 0.3) is 23.6 Å². The maximum atomic E-state index is 13.8. The zero-order valence-corrected chi connectivity index (χ0v) is 18.1. The molecular weight excluding hydrogens is 439 g/mol. The van der Waals surface area contributed by atoms with Crippen molar-refractivity contribution < 1.29 is 28.4 Å². The molecule has 6 amide bonds. The van der Waals surface area contributed by atoms with Crippen LogP contribution in [0.4, 0.5) is 9.18 Å². The number of hydrogen-bond donors (Lipinski definition) is 0. The lowest BCUT2D eigenvalue weighted by Crippen LogP contribution is -2.69. The van der Waals surface area contributed by atoms with Gasteiger partial charge in [-0.15, -0.1) is 0 Å². The monoisotopic (exact) mass is 458 g/mol. The molecule has 170 valence electrons. The molecule has 1 fully saturated rings. The fourth-order valence-corrected chi connectivity index (χ4v) is 4.04. The predicted molar refractivity (Wildman–Crippen MR) is 119 cm³/mol. The van der Waals surface area contributed by atoms with E-state index in [4.69, 9.17) is 0 Å². The summed E-state index contributed by atoms with van der Waals surface area (Å²) < 4.78 is 13.8. The van der Waals surface area contributed by atoms with E-state index in [1.807, 2.05) is 0 Å². The summed E-state index contributed by atoms with van der Waals surface area (Å²) >= 11 is 0. The largest absolute Gasteiger partial charge is 0.347 e. The molecule has 0 N–H and O–H groups in total. The Morgan fingerprint density at radius 1 is 0.735 bits per heavy atom. The van der Waals surface area contributed by atoms with E-state index in [-0.39, 0.29) is 28.0 Å². The van der Waals surface area contributed by atoms with Crippen LogP contribution < -0.4 is 0 Å². The molecule has 8 heteroatoms. The van der Waals surface area contributed by atoms with E-state index in [1.54, 1.807) is 43.3 Å². The second-order valence-electron chi connectivity index (χ2n) is 7.68. The van der Waals surface area contributed by atoms with Crippen molar-refractivity contribution in [3.63, 3.8) is 0 Å². The van der Waals surface area contributed by atoms with Crippen molar-refractivity contribution in [3.05, 3.63) is 107 Å². The van der Waals surface area contributed by atoms with Crippen LogP contribution in [0.1, 0.15) is 39.6 Å². The molecule has 0 aromatic heterocycles. The van der Waals surface area contributed by atoms with Gasteiger partial charge in [0.05, 0.1) is 0 Å². The van der Waals surface area contributed by atoms with Crippen molar-refractivity contribution in [3.8, 4) is 0 Å². The first kappa shape index (κ1) is 22.7. The van der Waals surface area contributed by atoms with Crippen LogP contribution in [0.15, 0.2) is 84.9 Å². The van der Waals surface area contributed by atoms with E-state index < -0.39 is 40.9 Å². The highest BCUT2D eigenvalue weighted by Crippen LogP contribution is 2.38. The highest BCUT2D eigenvalue weighted by atomic mass is 19.1. The number of imide groups is 6. The van der Waals surface area contributed by atoms with Gasteiger partial charge in [-0.2, -0.15) is 9.80 Å². The molecule has 0 aliphatic carbocycles. The number of benzene rings is 3. The van der Waals surface area contributed by atoms with Gasteiger partial charge in [0.2, 0.25) is 0 Å². The van der Waals surface area contributed by atoms with Gasteiger partial charge >= 0.3 is 6.03 Å². The molecule has 3 aromatic carbocycles. The molecule has 0 radical (unpaired) electrons. The van der Waals surface area contributed by atoms with Crippen LogP contribution in [0.3, 0.4) is 0 Å².